The van der Waals surface area contributed by atoms with E-state index < -0.39 is 0 Å². The van der Waals surface area contributed by atoms with Crippen molar-refractivity contribution in [3.63, 3.8) is 0 Å². The molecule has 4 heteroatoms. The monoisotopic (exact) mass is 291 g/mol. The fraction of sp³-hybridized carbons (Fsp3) is 0.250. The summed E-state index contributed by atoms with van der Waals surface area (Å²) in [6.45, 7) is 3.26. The number of methoxy groups -OCH3 is 1. The van der Waals surface area contributed by atoms with Gasteiger partial charge in [-0.2, -0.15) is 0 Å². The largest absolute Gasteiger partial charge is 0.493 e. The molecule has 0 aliphatic rings. The Labute approximate surface area is 124 Å². The topological polar surface area (TPSA) is 30.5 Å². The van der Waals surface area contributed by atoms with Gasteiger partial charge in [-0.05, 0) is 42.8 Å². The molecule has 0 spiro atoms. The van der Waals surface area contributed by atoms with E-state index in [2.05, 4.69) is 5.32 Å². The number of hydrogen-bond donors (Lipinski definition) is 1. The highest BCUT2D eigenvalue weighted by molar-refractivity contribution is 6.30. The van der Waals surface area contributed by atoms with Gasteiger partial charge >= 0.3 is 0 Å². The van der Waals surface area contributed by atoms with Crippen LogP contribution < -0.4 is 14.8 Å². The highest BCUT2D eigenvalue weighted by atomic mass is 35.5. The maximum Gasteiger partial charge on any atom is 0.161 e. The minimum atomic E-state index is 0.548. The summed E-state index contributed by atoms with van der Waals surface area (Å²) in [5, 5.41) is 3.97. The van der Waals surface area contributed by atoms with E-state index in [0.717, 1.165) is 27.8 Å². The molecule has 1 N–H and O–H groups in total. The smallest absolute Gasteiger partial charge is 0.161 e. The van der Waals surface area contributed by atoms with E-state index in [-0.39, 0.29) is 0 Å². The first-order valence-electron chi connectivity index (χ1n) is 6.46. The van der Waals surface area contributed by atoms with Gasteiger partial charge in [0, 0.05) is 17.3 Å². The van der Waals surface area contributed by atoms with E-state index in [1.54, 1.807) is 7.11 Å². The Hall–Kier alpha value is -1.87. The lowest BCUT2D eigenvalue weighted by Gasteiger charge is -2.12. The maximum absolute atomic E-state index is 5.92. The highest BCUT2D eigenvalue weighted by Gasteiger charge is 2.03. The van der Waals surface area contributed by atoms with Crippen LogP contribution in [0.5, 0.6) is 11.5 Å². The van der Waals surface area contributed by atoms with Gasteiger partial charge in [-0.3, -0.25) is 0 Å². The Morgan fingerprint density at radius 1 is 1.10 bits per heavy atom. The van der Waals surface area contributed by atoms with Crippen molar-refractivity contribution in [1.29, 1.82) is 0 Å². The molecule has 2 aromatic carbocycles. The lowest BCUT2D eigenvalue weighted by molar-refractivity contribution is 0.305. The van der Waals surface area contributed by atoms with Gasteiger partial charge in [0.2, 0.25) is 0 Å². The predicted molar refractivity (Wildman–Crippen MR) is 83.2 cm³/mol. The van der Waals surface area contributed by atoms with Gasteiger partial charge in [0.05, 0.1) is 7.11 Å². The van der Waals surface area contributed by atoms with Crippen LogP contribution in [0.4, 0.5) is 5.69 Å². The van der Waals surface area contributed by atoms with E-state index in [9.17, 15) is 0 Å². The molecule has 0 fully saturated rings. The Bertz CT molecular complexity index is 572. The van der Waals surface area contributed by atoms with Crippen LogP contribution in [-0.4, -0.2) is 20.3 Å². The molecule has 3 nitrogen and oxygen atoms in total. The number of hydrogen-bond acceptors (Lipinski definition) is 3. The summed E-state index contributed by atoms with van der Waals surface area (Å²) in [6.07, 6.45) is 0. The van der Waals surface area contributed by atoms with Crippen LogP contribution >= 0.6 is 11.6 Å². The fourth-order valence-corrected chi connectivity index (χ4v) is 2.04. The minimum Gasteiger partial charge on any atom is -0.493 e. The average Bonchev–Trinajstić information content (AvgIpc) is 2.45. The molecule has 0 radical (unpaired) electrons. The van der Waals surface area contributed by atoms with Gasteiger partial charge in [0.15, 0.2) is 11.5 Å². The van der Waals surface area contributed by atoms with Crippen LogP contribution in [0.1, 0.15) is 5.56 Å². The lowest BCUT2D eigenvalue weighted by atomic mass is 10.2. The molecule has 106 valence electrons. The molecule has 20 heavy (non-hydrogen) atoms. The number of benzene rings is 2. The van der Waals surface area contributed by atoms with E-state index in [4.69, 9.17) is 21.1 Å². The Balaban J connectivity index is 1.84. The number of nitrogens with one attached hydrogen (secondary N) is 1. The third-order valence-electron chi connectivity index (χ3n) is 2.83. The van der Waals surface area contributed by atoms with Crippen molar-refractivity contribution in [2.45, 2.75) is 6.92 Å². The van der Waals surface area contributed by atoms with Gasteiger partial charge in [-0.25, -0.2) is 0 Å². The van der Waals surface area contributed by atoms with E-state index in [1.165, 1.54) is 0 Å². The molecule has 0 amide bonds. The van der Waals surface area contributed by atoms with Gasteiger partial charge in [0.1, 0.15) is 6.61 Å². The zero-order valence-corrected chi connectivity index (χ0v) is 12.4. The number of anilines is 1. The number of halogens is 1. The summed E-state index contributed by atoms with van der Waals surface area (Å²) in [5.74, 6) is 1.51. The summed E-state index contributed by atoms with van der Waals surface area (Å²) < 4.78 is 11.0. The Morgan fingerprint density at radius 3 is 2.70 bits per heavy atom. The number of aryl methyl sites for hydroxylation is 1. The van der Waals surface area contributed by atoms with Crippen LogP contribution in [0.3, 0.4) is 0 Å². The highest BCUT2D eigenvalue weighted by Crippen LogP contribution is 2.27. The van der Waals surface area contributed by atoms with Crippen LogP contribution in [0.25, 0.3) is 0 Å². The number of rotatable bonds is 6. The SMILES string of the molecule is COc1cc(C)ccc1OCCNc1cccc(Cl)c1. The van der Waals surface area contributed by atoms with Crippen molar-refractivity contribution >= 4 is 17.3 Å². The first-order chi connectivity index (χ1) is 9.69. The third kappa shape index (κ3) is 4.07. The zero-order valence-electron chi connectivity index (χ0n) is 11.7. The molecular weight excluding hydrogens is 274 g/mol. The van der Waals surface area contributed by atoms with Crippen molar-refractivity contribution in [1.82, 2.24) is 0 Å². The second-order valence-corrected chi connectivity index (χ2v) is 4.88. The molecule has 0 aliphatic carbocycles. The first kappa shape index (κ1) is 14.5. The molecule has 2 rings (SSSR count). The zero-order chi connectivity index (χ0) is 14.4. The van der Waals surface area contributed by atoms with Crippen LogP contribution in [0.2, 0.25) is 5.02 Å². The first-order valence-corrected chi connectivity index (χ1v) is 6.84. The molecule has 0 aliphatic heterocycles. The molecule has 0 heterocycles. The van der Waals surface area contributed by atoms with Crippen LogP contribution in [0.15, 0.2) is 42.5 Å². The molecule has 0 saturated carbocycles. The standard InChI is InChI=1S/C16H18ClNO2/c1-12-6-7-15(16(10-12)19-2)20-9-8-18-14-5-3-4-13(17)11-14/h3-7,10-11,18H,8-9H2,1-2H3. The van der Waals surface area contributed by atoms with E-state index in [0.29, 0.717) is 13.2 Å². The molecule has 2 aromatic rings. The van der Waals surface area contributed by atoms with Gasteiger partial charge in [0.25, 0.3) is 0 Å². The van der Waals surface area contributed by atoms with Crippen molar-refractivity contribution in [3.05, 3.63) is 53.1 Å². The van der Waals surface area contributed by atoms with Crippen molar-refractivity contribution in [3.8, 4) is 11.5 Å². The fourth-order valence-electron chi connectivity index (χ4n) is 1.85. The van der Waals surface area contributed by atoms with E-state index in [1.807, 2.05) is 49.4 Å². The quantitative estimate of drug-likeness (QED) is 0.811. The van der Waals surface area contributed by atoms with Gasteiger partial charge in [-0.1, -0.05) is 23.7 Å². The molecule has 0 aromatic heterocycles. The Morgan fingerprint density at radius 2 is 1.95 bits per heavy atom. The summed E-state index contributed by atoms with van der Waals surface area (Å²) in [5.41, 5.74) is 2.13. The van der Waals surface area contributed by atoms with E-state index >= 15 is 0 Å². The van der Waals surface area contributed by atoms with Gasteiger partial charge in [-0.15, -0.1) is 0 Å². The molecule has 0 atom stereocenters. The van der Waals surface area contributed by atoms with Crippen molar-refractivity contribution in [2.24, 2.45) is 0 Å². The summed E-state index contributed by atoms with van der Waals surface area (Å²) in [6, 6.07) is 13.5. The lowest BCUT2D eigenvalue weighted by Crippen LogP contribution is -2.11. The third-order valence-corrected chi connectivity index (χ3v) is 3.07. The number of ether oxygens (including phenoxy) is 2. The maximum atomic E-state index is 5.92. The second-order valence-electron chi connectivity index (χ2n) is 4.44. The summed E-state index contributed by atoms with van der Waals surface area (Å²) in [4.78, 5) is 0. The van der Waals surface area contributed by atoms with Gasteiger partial charge < -0.3 is 14.8 Å². The summed E-state index contributed by atoms with van der Waals surface area (Å²) in [7, 11) is 1.64. The predicted octanol–water partition coefficient (Wildman–Crippen LogP) is 4.15. The van der Waals surface area contributed by atoms with Crippen molar-refractivity contribution < 1.29 is 9.47 Å². The normalized spacial score (nSPS) is 10.2. The summed E-state index contributed by atoms with van der Waals surface area (Å²) >= 11 is 5.92. The van der Waals surface area contributed by atoms with Crippen molar-refractivity contribution in [2.75, 3.05) is 25.6 Å². The molecular formula is C16H18ClNO2. The molecule has 0 saturated heterocycles. The Kier molecular flexibility index (Phi) is 5.13. The minimum absolute atomic E-state index is 0.548. The molecule has 0 unspecified atom stereocenters. The van der Waals surface area contributed by atoms with Crippen LogP contribution in [0, 0.1) is 6.92 Å². The molecule has 0 bridgehead atoms. The second kappa shape index (κ2) is 7.06. The average molecular weight is 292 g/mol. The van der Waals surface area contributed by atoms with Crippen LogP contribution in [-0.2, 0) is 0 Å².